The molecule has 1 heterocycles. The van der Waals surface area contributed by atoms with Crippen molar-refractivity contribution in [3.8, 4) is 4.90 Å². The van der Waals surface area contributed by atoms with E-state index in [-0.39, 0.29) is 10.8 Å². The molecule has 0 saturated heterocycles. The molecule has 28 heavy (non-hydrogen) atoms. The number of alkyl halides is 6. The predicted octanol–water partition coefficient (Wildman–Crippen LogP) is 8.08. The number of benzene rings is 3. The van der Waals surface area contributed by atoms with Gasteiger partial charge in [-0.05, 0) is 55.5 Å². The number of fused-ring (bicyclic) bond motifs is 3. The largest absolute Gasteiger partial charge is 0.416 e. The van der Waals surface area contributed by atoms with E-state index in [0.29, 0.717) is 9.40 Å². The second-order valence-electron chi connectivity index (χ2n) is 6.54. The standard InChI is InChI=1S/C21H13F6S/c1-12-2-6-15(7-3-12)28-18-8-4-13(20(22,23)24)10-16(18)17-11-14(21(25,26)27)5-9-19(17)28/h2-11H,1H3/q+1. The van der Waals surface area contributed by atoms with Gasteiger partial charge in [0, 0.05) is 21.2 Å². The van der Waals surface area contributed by atoms with Gasteiger partial charge in [0.15, 0.2) is 14.3 Å². The molecule has 0 radical (unpaired) electrons. The quantitative estimate of drug-likeness (QED) is 0.219. The Bertz CT molecular complexity index is 1110. The molecule has 0 N–H and O–H groups in total. The van der Waals surface area contributed by atoms with Gasteiger partial charge in [-0.2, -0.15) is 26.3 Å². The molecule has 0 fully saturated rings. The van der Waals surface area contributed by atoms with Gasteiger partial charge in [0.2, 0.25) is 0 Å². The SMILES string of the molecule is Cc1ccc(-[s+]2c3ccc(C(F)(F)F)cc3c3cc(C(F)(F)F)ccc32)cc1. The summed E-state index contributed by atoms with van der Waals surface area (Å²) in [5.41, 5.74) is -0.722. The Morgan fingerprint density at radius 3 is 1.43 bits per heavy atom. The molecule has 0 atom stereocenters. The number of hydrogen-bond donors (Lipinski definition) is 0. The topological polar surface area (TPSA) is 0 Å². The molecule has 4 aromatic rings. The number of aryl methyl sites for hydroxylation is 1. The third-order valence-corrected chi connectivity index (χ3v) is 6.94. The van der Waals surface area contributed by atoms with Crippen molar-refractivity contribution in [2.75, 3.05) is 0 Å². The summed E-state index contributed by atoms with van der Waals surface area (Å²) in [4.78, 5) is 0.852. The molecule has 3 aromatic carbocycles. The van der Waals surface area contributed by atoms with E-state index in [1.54, 1.807) is 0 Å². The van der Waals surface area contributed by atoms with E-state index >= 15 is 0 Å². The summed E-state index contributed by atoms with van der Waals surface area (Å²) in [5, 5.41) is 0.416. The Balaban J connectivity index is 2.11. The number of hydrogen-bond acceptors (Lipinski definition) is 0. The van der Waals surface area contributed by atoms with Crippen molar-refractivity contribution in [1.82, 2.24) is 0 Å². The zero-order chi connectivity index (χ0) is 20.3. The van der Waals surface area contributed by atoms with Gasteiger partial charge in [-0.15, -0.1) is 0 Å². The molecule has 0 unspecified atom stereocenters. The average molecular weight is 411 g/mol. The fourth-order valence-corrected chi connectivity index (χ4v) is 5.58. The van der Waals surface area contributed by atoms with E-state index in [2.05, 4.69) is 0 Å². The average Bonchev–Trinajstić information content (AvgIpc) is 2.94. The van der Waals surface area contributed by atoms with Crippen molar-refractivity contribution in [3.63, 3.8) is 0 Å². The third-order valence-electron chi connectivity index (χ3n) is 4.60. The molecule has 1 aromatic heterocycles. The molecule has 0 aliphatic carbocycles. The third kappa shape index (κ3) is 3.13. The van der Waals surface area contributed by atoms with Gasteiger partial charge in [0.1, 0.15) is 0 Å². The summed E-state index contributed by atoms with van der Waals surface area (Å²) in [6.45, 7) is 1.91. The maximum absolute atomic E-state index is 13.2. The first kappa shape index (κ1) is 18.8. The van der Waals surface area contributed by atoms with Crippen molar-refractivity contribution in [2.45, 2.75) is 19.3 Å². The minimum absolute atomic E-state index is 0.208. The Labute approximate surface area is 159 Å². The molecule has 0 aliphatic heterocycles. The minimum Gasteiger partial charge on any atom is -0.166 e. The van der Waals surface area contributed by atoms with Crippen molar-refractivity contribution in [1.29, 1.82) is 0 Å². The summed E-state index contributed by atoms with van der Waals surface area (Å²) >= 11 is 0. The van der Waals surface area contributed by atoms with Gasteiger partial charge in [-0.1, -0.05) is 17.7 Å². The Kier molecular flexibility index (Phi) is 4.19. The fourth-order valence-electron chi connectivity index (χ4n) is 3.24. The smallest absolute Gasteiger partial charge is 0.166 e. The van der Waals surface area contributed by atoms with Crippen LogP contribution in [-0.2, 0) is 12.4 Å². The van der Waals surface area contributed by atoms with Gasteiger partial charge in [0.05, 0.1) is 11.1 Å². The predicted molar refractivity (Wildman–Crippen MR) is 100 cm³/mol. The Hall–Kier alpha value is -2.54. The zero-order valence-corrected chi connectivity index (χ0v) is 15.3. The lowest BCUT2D eigenvalue weighted by molar-refractivity contribution is -0.138. The van der Waals surface area contributed by atoms with Gasteiger partial charge in [0.25, 0.3) is 0 Å². The van der Waals surface area contributed by atoms with Crippen LogP contribution in [0.15, 0.2) is 60.7 Å². The summed E-state index contributed by atoms with van der Waals surface area (Å²) in [6.07, 6.45) is -9.14. The minimum atomic E-state index is -4.57. The van der Waals surface area contributed by atoms with Crippen LogP contribution in [0.2, 0.25) is 0 Å². The molecular formula is C21H13F6S+. The number of halogens is 6. The normalized spacial score (nSPS) is 12.8. The fraction of sp³-hybridized carbons (Fsp3) is 0.143. The molecule has 0 spiro atoms. The van der Waals surface area contributed by atoms with E-state index in [1.165, 1.54) is 12.1 Å². The van der Waals surface area contributed by atoms with Crippen molar-refractivity contribution < 1.29 is 26.3 Å². The highest BCUT2D eigenvalue weighted by atomic mass is 32.2. The maximum atomic E-state index is 13.2. The molecule has 0 bridgehead atoms. The highest BCUT2D eigenvalue weighted by Crippen LogP contribution is 2.50. The molecule has 7 heteroatoms. The molecule has 0 aliphatic rings. The molecular weight excluding hydrogens is 398 g/mol. The lowest BCUT2D eigenvalue weighted by Gasteiger charge is -2.06. The summed E-state index contributed by atoms with van der Waals surface area (Å²) in [6, 6.07) is 14.2. The summed E-state index contributed by atoms with van der Waals surface area (Å²) in [7, 11) is -0.754. The first-order chi connectivity index (χ1) is 13.1. The van der Waals surface area contributed by atoms with Crippen LogP contribution in [-0.4, -0.2) is 0 Å². The second kappa shape index (κ2) is 6.24. The molecule has 4 rings (SSSR count). The summed E-state index contributed by atoms with van der Waals surface area (Å²) < 4.78 is 80.3. The van der Waals surface area contributed by atoms with E-state index in [1.807, 2.05) is 31.2 Å². The maximum Gasteiger partial charge on any atom is 0.416 e. The molecule has 144 valence electrons. The molecule has 0 saturated carbocycles. The summed E-state index contributed by atoms with van der Waals surface area (Å²) in [5.74, 6) is 0. The van der Waals surface area contributed by atoms with Crippen molar-refractivity contribution in [2.24, 2.45) is 0 Å². The van der Waals surface area contributed by atoms with Crippen LogP contribution in [0.4, 0.5) is 26.3 Å². The zero-order valence-electron chi connectivity index (χ0n) is 14.4. The highest BCUT2D eigenvalue weighted by molar-refractivity contribution is 7.50. The van der Waals surface area contributed by atoms with E-state index in [9.17, 15) is 26.3 Å². The second-order valence-corrected chi connectivity index (χ2v) is 8.50. The van der Waals surface area contributed by atoms with Crippen LogP contribution >= 0.6 is 10.5 Å². The Morgan fingerprint density at radius 1 is 0.607 bits per heavy atom. The monoisotopic (exact) mass is 411 g/mol. The van der Waals surface area contributed by atoms with Crippen LogP contribution < -0.4 is 0 Å². The van der Waals surface area contributed by atoms with E-state index in [4.69, 9.17) is 0 Å². The number of rotatable bonds is 1. The van der Waals surface area contributed by atoms with Gasteiger partial charge >= 0.3 is 12.4 Å². The number of thiophene rings is 1. The first-order valence-corrected chi connectivity index (χ1v) is 9.52. The van der Waals surface area contributed by atoms with Crippen LogP contribution in [0.5, 0.6) is 0 Å². The van der Waals surface area contributed by atoms with E-state index in [0.717, 1.165) is 34.7 Å². The van der Waals surface area contributed by atoms with Crippen molar-refractivity contribution >= 4 is 30.6 Å². The molecule has 0 amide bonds. The van der Waals surface area contributed by atoms with Crippen LogP contribution in [0.1, 0.15) is 16.7 Å². The lowest BCUT2D eigenvalue weighted by atomic mass is 10.1. The van der Waals surface area contributed by atoms with Gasteiger partial charge < -0.3 is 0 Å². The van der Waals surface area contributed by atoms with Gasteiger partial charge in [-0.25, -0.2) is 0 Å². The van der Waals surface area contributed by atoms with Gasteiger partial charge in [-0.3, -0.25) is 0 Å². The van der Waals surface area contributed by atoms with Crippen LogP contribution in [0, 0.1) is 6.92 Å². The lowest BCUT2D eigenvalue weighted by Crippen LogP contribution is -2.04. The molecule has 0 nitrogen and oxygen atoms in total. The van der Waals surface area contributed by atoms with E-state index < -0.39 is 33.9 Å². The van der Waals surface area contributed by atoms with Crippen LogP contribution in [0.3, 0.4) is 0 Å². The van der Waals surface area contributed by atoms with Crippen LogP contribution in [0.25, 0.3) is 25.1 Å². The Morgan fingerprint density at radius 2 is 1.04 bits per heavy atom. The highest BCUT2D eigenvalue weighted by Gasteiger charge is 2.35. The van der Waals surface area contributed by atoms with Crippen molar-refractivity contribution in [3.05, 3.63) is 77.4 Å². The first-order valence-electron chi connectivity index (χ1n) is 8.29.